The van der Waals surface area contributed by atoms with Crippen molar-refractivity contribution in [3.8, 4) is 0 Å². The zero-order chi connectivity index (χ0) is 18.8. The molecule has 0 aliphatic carbocycles. The van der Waals surface area contributed by atoms with E-state index in [1.807, 2.05) is 0 Å². The molecule has 0 radical (unpaired) electrons. The van der Waals surface area contributed by atoms with Gasteiger partial charge in [-0.05, 0) is 18.6 Å². The first-order valence-corrected chi connectivity index (χ1v) is 8.88. The maximum Gasteiger partial charge on any atom is 0.523 e. The minimum Gasteiger partial charge on any atom is -0.429 e. The Morgan fingerprint density at radius 1 is 1.24 bits per heavy atom. The monoisotopic (exact) mass is 382 g/mol. The number of hydrogen-bond donors (Lipinski definition) is 0. The lowest BCUT2D eigenvalue weighted by molar-refractivity contribution is -0.132. The first-order valence-electron chi connectivity index (χ1n) is 7.48. The van der Waals surface area contributed by atoms with E-state index >= 15 is 0 Å². The van der Waals surface area contributed by atoms with Crippen LogP contribution in [0.2, 0.25) is 0 Å². The summed E-state index contributed by atoms with van der Waals surface area (Å²) >= 11 is 0. The average Bonchev–Trinajstić information content (AvgIpc) is 2.83. The number of carbonyl (C=O) groups is 1. The third kappa shape index (κ3) is 4.31. The number of esters is 1. The zero-order valence-corrected chi connectivity index (χ0v) is 14.2. The molecule has 0 spiro atoms. The lowest BCUT2D eigenvalue weighted by Crippen LogP contribution is -2.38. The molecule has 0 amide bonds. The highest BCUT2D eigenvalue weighted by molar-refractivity contribution is 7.87. The summed E-state index contributed by atoms with van der Waals surface area (Å²) in [6.45, 7) is 3.18. The molecule has 1 fully saturated rings. The molecular formula is C15H17F3O6S. The normalized spacial score (nSPS) is 27.2. The van der Waals surface area contributed by atoms with Gasteiger partial charge in [-0.25, -0.2) is 4.79 Å². The minimum atomic E-state index is -5.85. The van der Waals surface area contributed by atoms with E-state index in [2.05, 4.69) is 4.18 Å². The highest BCUT2D eigenvalue weighted by Gasteiger charge is 2.54. The molecule has 1 aromatic carbocycles. The molecule has 6 nitrogen and oxygen atoms in total. The highest BCUT2D eigenvalue weighted by atomic mass is 32.2. The number of alkyl halides is 3. The average molecular weight is 382 g/mol. The molecule has 1 heterocycles. The van der Waals surface area contributed by atoms with Crippen LogP contribution in [0.5, 0.6) is 0 Å². The zero-order valence-electron chi connectivity index (χ0n) is 13.4. The van der Waals surface area contributed by atoms with Gasteiger partial charge < -0.3 is 9.47 Å². The van der Waals surface area contributed by atoms with Crippen LogP contribution in [0.4, 0.5) is 13.2 Å². The molecule has 1 aromatic rings. The van der Waals surface area contributed by atoms with Gasteiger partial charge in [0, 0.05) is 5.92 Å². The number of ether oxygens (including phenoxy) is 2. The maximum absolute atomic E-state index is 12.6. The molecule has 2 rings (SSSR count). The van der Waals surface area contributed by atoms with Crippen molar-refractivity contribution in [2.24, 2.45) is 5.92 Å². The van der Waals surface area contributed by atoms with Crippen LogP contribution in [-0.2, 0) is 23.8 Å². The molecule has 0 N–H and O–H groups in total. The maximum atomic E-state index is 12.6. The summed E-state index contributed by atoms with van der Waals surface area (Å²) < 4.78 is 75.1. The Morgan fingerprint density at radius 3 is 2.36 bits per heavy atom. The summed E-state index contributed by atoms with van der Waals surface area (Å²) in [5, 5.41) is 0. The third-order valence-corrected chi connectivity index (χ3v) is 4.88. The lowest BCUT2D eigenvalue weighted by Gasteiger charge is -2.21. The van der Waals surface area contributed by atoms with Crippen LogP contribution in [0.1, 0.15) is 30.6 Å². The first-order chi connectivity index (χ1) is 11.6. The van der Waals surface area contributed by atoms with Crippen molar-refractivity contribution in [1.29, 1.82) is 0 Å². The number of hydrogen-bond acceptors (Lipinski definition) is 6. The van der Waals surface area contributed by atoms with Crippen LogP contribution in [0.3, 0.4) is 0 Å². The van der Waals surface area contributed by atoms with Gasteiger partial charge in [-0.1, -0.05) is 32.0 Å². The van der Waals surface area contributed by atoms with Gasteiger partial charge in [0.05, 0.1) is 11.7 Å². The van der Waals surface area contributed by atoms with E-state index in [4.69, 9.17) is 9.47 Å². The van der Waals surface area contributed by atoms with E-state index in [9.17, 15) is 26.4 Å². The predicted molar refractivity (Wildman–Crippen MR) is 79.8 cm³/mol. The molecule has 140 valence electrons. The van der Waals surface area contributed by atoms with Crippen LogP contribution in [0, 0.1) is 5.92 Å². The Balaban J connectivity index is 2.21. The van der Waals surface area contributed by atoms with E-state index in [1.165, 1.54) is 19.1 Å². The number of halogens is 3. The SMILES string of the molecule is CC[C@H]1O[C@H](OC(=O)c2ccccc2)[C@H](OS(=O)(=O)C(F)(F)F)[C@@H]1C. The van der Waals surface area contributed by atoms with Crippen molar-refractivity contribution in [3.63, 3.8) is 0 Å². The molecule has 1 aliphatic rings. The number of carbonyl (C=O) groups excluding carboxylic acids is 1. The number of benzene rings is 1. The Morgan fingerprint density at radius 2 is 1.84 bits per heavy atom. The van der Waals surface area contributed by atoms with Gasteiger partial charge in [0.15, 0.2) is 0 Å². The summed E-state index contributed by atoms with van der Waals surface area (Å²) in [7, 11) is -5.85. The molecule has 4 atom stereocenters. The minimum absolute atomic E-state index is 0.149. The predicted octanol–water partition coefficient (Wildman–Crippen LogP) is 2.85. The molecule has 1 saturated heterocycles. The summed E-state index contributed by atoms with van der Waals surface area (Å²) in [5.74, 6) is -1.58. The van der Waals surface area contributed by atoms with Crippen LogP contribution in [-0.4, -0.2) is 38.4 Å². The molecule has 0 unspecified atom stereocenters. The topological polar surface area (TPSA) is 78.9 Å². The van der Waals surface area contributed by atoms with Crippen molar-refractivity contribution in [1.82, 2.24) is 0 Å². The quantitative estimate of drug-likeness (QED) is 0.443. The lowest BCUT2D eigenvalue weighted by atomic mass is 9.99. The Labute approximate surface area is 143 Å². The van der Waals surface area contributed by atoms with Crippen LogP contribution in [0.25, 0.3) is 0 Å². The fourth-order valence-corrected chi connectivity index (χ4v) is 3.15. The van der Waals surface area contributed by atoms with Crippen LogP contribution < -0.4 is 0 Å². The van der Waals surface area contributed by atoms with Gasteiger partial charge >= 0.3 is 21.6 Å². The Bertz CT molecular complexity index is 704. The Hall–Kier alpha value is -1.65. The molecular weight excluding hydrogens is 365 g/mol. The summed E-state index contributed by atoms with van der Waals surface area (Å²) in [6, 6.07) is 7.71. The molecule has 10 heteroatoms. The number of rotatable bonds is 5. The van der Waals surface area contributed by atoms with E-state index in [0.29, 0.717) is 6.42 Å². The van der Waals surface area contributed by atoms with E-state index in [0.717, 1.165) is 0 Å². The summed E-state index contributed by atoms with van der Waals surface area (Å²) in [4.78, 5) is 12.1. The second-order valence-corrected chi connectivity index (χ2v) is 7.11. The molecule has 25 heavy (non-hydrogen) atoms. The van der Waals surface area contributed by atoms with Crippen LogP contribution in [0.15, 0.2) is 30.3 Å². The van der Waals surface area contributed by atoms with E-state index in [1.54, 1.807) is 25.1 Å². The molecule has 0 saturated carbocycles. The second kappa shape index (κ2) is 7.30. The summed E-state index contributed by atoms with van der Waals surface area (Å²) in [6.07, 6.45) is -3.39. The Kier molecular flexibility index (Phi) is 5.75. The van der Waals surface area contributed by atoms with E-state index in [-0.39, 0.29) is 5.56 Å². The van der Waals surface area contributed by atoms with Gasteiger partial charge in [0.2, 0.25) is 6.29 Å². The van der Waals surface area contributed by atoms with E-state index < -0.39 is 46.0 Å². The molecule has 0 aromatic heterocycles. The van der Waals surface area contributed by atoms with Crippen LogP contribution >= 0.6 is 0 Å². The second-order valence-electron chi connectivity index (χ2n) is 5.54. The van der Waals surface area contributed by atoms with Gasteiger partial charge in [-0.15, -0.1) is 0 Å². The van der Waals surface area contributed by atoms with Crippen molar-refractivity contribution in [3.05, 3.63) is 35.9 Å². The van der Waals surface area contributed by atoms with Crippen molar-refractivity contribution in [2.75, 3.05) is 0 Å². The molecule has 1 aliphatic heterocycles. The third-order valence-electron chi connectivity index (χ3n) is 3.84. The first kappa shape index (κ1) is 19.7. The highest BCUT2D eigenvalue weighted by Crippen LogP contribution is 2.36. The van der Waals surface area contributed by atoms with Gasteiger partial charge in [0.25, 0.3) is 0 Å². The smallest absolute Gasteiger partial charge is 0.429 e. The largest absolute Gasteiger partial charge is 0.523 e. The fraction of sp³-hybridized carbons (Fsp3) is 0.533. The van der Waals surface area contributed by atoms with Gasteiger partial charge in [0.1, 0.15) is 6.10 Å². The summed E-state index contributed by atoms with van der Waals surface area (Å²) in [5.41, 5.74) is -5.43. The van der Waals surface area contributed by atoms with Crippen molar-refractivity contribution in [2.45, 2.75) is 44.3 Å². The van der Waals surface area contributed by atoms with Gasteiger partial charge in [-0.2, -0.15) is 21.6 Å². The fourth-order valence-electron chi connectivity index (χ4n) is 2.48. The molecule has 0 bridgehead atoms. The van der Waals surface area contributed by atoms with Gasteiger partial charge in [-0.3, -0.25) is 4.18 Å². The van der Waals surface area contributed by atoms with Crippen molar-refractivity contribution >= 4 is 16.1 Å². The standard InChI is InChI=1S/C15H17F3O6S/c1-3-11-9(2)12(24-25(20,21)15(16,17)18)14(22-11)23-13(19)10-7-5-4-6-8-10/h4-9,11-12,14H,3H2,1-2H3/t9-,11-,12-,14-/m1/s1. The van der Waals surface area contributed by atoms with Crippen molar-refractivity contribution < 1.29 is 40.0 Å².